The molecule has 0 saturated carbocycles. The molecule has 3 rings (SSSR count). The van der Waals surface area contributed by atoms with Gasteiger partial charge in [0.2, 0.25) is 0 Å². The number of carbonyl (C=O) groups is 2. The normalized spacial score (nSPS) is 10.6. The van der Waals surface area contributed by atoms with E-state index in [0.29, 0.717) is 35.3 Å². The molecule has 0 aliphatic rings. The maximum atomic E-state index is 12.3. The third kappa shape index (κ3) is 5.87. The average molecular weight is 439 g/mol. The van der Waals surface area contributed by atoms with Crippen LogP contribution in [0.25, 0.3) is 11.0 Å². The lowest BCUT2D eigenvalue weighted by Crippen LogP contribution is -2.29. The summed E-state index contributed by atoms with van der Waals surface area (Å²) in [7, 11) is 3.12. The van der Waals surface area contributed by atoms with Crippen molar-refractivity contribution in [3.05, 3.63) is 70.1 Å². The third-order valence-corrected chi connectivity index (χ3v) is 4.82. The summed E-state index contributed by atoms with van der Waals surface area (Å²) < 4.78 is 20.8. The van der Waals surface area contributed by atoms with Crippen molar-refractivity contribution in [2.75, 3.05) is 27.4 Å². The van der Waals surface area contributed by atoms with Crippen molar-refractivity contribution in [3.8, 4) is 11.5 Å². The van der Waals surface area contributed by atoms with Crippen LogP contribution >= 0.6 is 0 Å². The smallest absolute Gasteiger partial charge is 0.349 e. The Balaban J connectivity index is 1.39. The van der Waals surface area contributed by atoms with Crippen LogP contribution in [0.4, 0.5) is 0 Å². The van der Waals surface area contributed by atoms with E-state index in [1.807, 2.05) is 12.1 Å². The summed E-state index contributed by atoms with van der Waals surface area (Å²) in [5.41, 5.74) is 0.605. The summed E-state index contributed by atoms with van der Waals surface area (Å²) in [5, 5.41) is 3.31. The Morgan fingerprint density at radius 3 is 2.56 bits per heavy atom. The number of fused-ring (bicyclic) bond motifs is 1. The lowest BCUT2D eigenvalue weighted by Gasteiger charge is -2.10. The van der Waals surface area contributed by atoms with Gasteiger partial charge in [-0.1, -0.05) is 24.3 Å². The van der Waals surface area contributed by atoms with Gasteiger partial charge in [-0.2, -0.15) is 0 Å². The van der Waals surface area contributed by atoms with Crippen LogP contribution in [0.15, 0.2) is 57.7 Å². The number of hydrogen-bond donors (Lipinski definition) is 1. The van der Waals surface area contributed by atoms with E-state index in [2.05, 4.69) is 5.32 Å². The third-order valence-electron chi connectivity index (χ3n) is 4.82. The van der Waals surface area contributed by atoms with Crippen molar-refractivity contribution in [1.29, 1.82) is 0 Å². The summed E-state index contributed by atoms with van der Waals surface area (Å²) >= 11 is 0. The highest BCUT2D eigenvalue weighted by Crippen LogP contribution is 2.28. The number of esters is 1. The van der Waals surface area contributed by atoms with Crippen LogP contribution in [0.3, 0.4) is 0 Å². The monoisotopic (exact) mass is 439 g/mol. The number of amides is 1. The van der Waals surface area contributed by atoms with Crippen molar-refractivity contribution in [3.63, 3.8) is 0 Å². The van der Waals surface area contributed by atoms with E-state index in [9.17, 15) is 14.4 Å². The second-order valence-electron chi connectivity index (χ2n) is 7.00. The molecule has 1 N–H and O–H groups in total. The van der Waals surface area contributed by atoms with Crippen LogP contribution in [0.1, 0.15) is 28.8 Å². The second kappa shape index (κ2) is 11.0. The number of rotatable bonds is 10. The van der Waals surface area contributed by atoms with Gasteiger partial charge in [0.05, 0.1) is 20.8 Å². The first-order valence-corrected chi connectivity index (χ1v) is 10.2. The molecule has 8 nitrogen and oxygen atoms in total. The molecule has 2 aromatic carbocycles. The molecule has 0 unspecified atom stereocenters. The molecule has 3 aromatic rings. The molecule has 32 heavy (non-hydrogen) atoms. The summed E-state index contributed by atoms with van der Waals surface area (Å²) in [6.07, 6.45) is 1.15. The van der Waals surface area contributed by atoms with Gasteiger partial charge in [0, 0.05) is 18.4 Å². The van der Waals surface area contributed by atoms with Crippen molar-refractivity contribution < 1.29 is 28.2 Å². The zero-order valence-corrected chi connectivity index (χ0v) is 18.0. The highest BCUT2D eigenvalue weighted by Gasteiger charge is 2.13. The van der Waals surface area contributed by atoms with Crippen LogP contribution in [0.2, 0.25) is 0 Å². The molecule has 168 valence electrons. The van der Waals surface area contributed by atoms with Crippen molar-refractivity contribution >= 4 is 22.8 Å². The minimum atomic E-state index is -0.692. The maximum Gasteiger partial charge on any atom is 0.349 e. The predicted octanol–water partition coefficient (Wildman–Crippen LogP) is 3.11. The predicted molar refractivity (Wildman–Crippen MR) is 118 cm³/mol. The Morgan fingerprint density at radius 2 is 1.78 bits per heavy atom. The molecule has 1 heterocycles. The number of nitrogens with one attached hydrogen (secondary N) is 1. The fourth-order valence-electron chi connectivity index (χ4n) is 3.13. The molecule has 0 bridgehead atoms. The Kier molecular flexibility index (Phi) is 7.85. The van der Waals surface area contributed by atoms with Crippen LogP contribution in [0.5, 0.6) is 11.5 Å². The number of hydrogen-bond acceptors (Lipinski definition) is 7. The number of carbonyl (C=O) groups excluding carboxylic acids is 2. The van der Waals surface area contributed by atoms with Gasteiger partial charge in [0.25, 0.3) is 5.91 Å². The minimum absolute atomic E-state index is 0.0596. The van der Waals surface area contributed by atoms with Crippen LogP contribution in [-0.2, 0) is 16.0 Å². The van der Waals surface area contributed by atoms with Crippen LogP contribution in [0, 0.1) is 0 Å². The lowest BCUT2D eigenvalue weighted by atomic mass is 10.1. The molecule has 0 radical (unpaired) electrons. The van der Waals surface area contributed by atoms with E-state index in [1.54, 1.807) is 44.6 Å². The fraction of sp³-hybridized carbons (Fsp3) is 0.292. The van der Waals surface area contributed by atoms with Gasteiger partial charge < -0.3 is 23.9 Å². The number of methoxy groups -OCH3 is 2. The Bertz CT molecular complexity index is 1150. The average Bonchev–Trinajstić information content (AvgIpc) is 2.81. The minimum Gasteiger partial charge on any atom is -0.493 e. The van der Waals surface area contributed by atoms with E-state index in [0.717, 1.165) is 5.56 Å². The standard InChI is InChI=1S/C24H25NO7/c1-29-20-10-8-16(14-21(20)30-2)9-11-22(26)31-13-5-12-25-23(27)18-15-17-6-3-4-7-19(17)32-24(18)28/h3-4,6-8,10,14-15H,5,9,11-13H2,1-2H3,(H,25,27). The molecule has 1 amide bonds. The Hall–Kier alpha value is -3.81. The quantitative estimate of drug-likeness (QED) is 0.294. The Morgan fingerprint density at radius 1 is 1.00 bits per heavy atom. The first-order chi connectivity index (χ1) is 15.5. The van der Waals surface area contributed by atoms with Gasteiger partial charge in [-0.3, -0.25) is 9.59 Å². The molecule has 8 heteroatoms. The SMILES string of the molecule is COc1ccc(CCC(=O)OCCCNC(=O)c2cc3ccccc3oc2=O)cc1OC. The van der Waals surface area contributed by atoms with Crippen molar-refractivity contribution in [1.82, 2.24) is 5.32 Å². The zero-order chi connectivity index (χ0) is 22.9. The summed E-state index contributed by atoms with van der Waals surface area (Å²) in [6.45, 7) is 0.422. The van der Waals surface area contributed by atoms with E-state index < -0.39 is 11.5 Å². The maximum absolute atomic E-state index is 12.3. The van der Waals surface area contributed by atoms with Gasteiger partial charge in [0.1, 0.15) is 11.1 Å². The largest absolute Gasteiger partial charge is 0.493 e. The topological polar surface area (TPSA) is 104 Å². The number of benzene rings is 2. The summed E-state index contributed by atoms with van der Waals surface area (Å²) in [5.74, 6) is 0.377. The molecular weight excluding hydrogens is 414 g/mol. The fourth-order valence-corrected chi connectivity index (χ4v) is 3.13. The van der Waals surface area contributed by atoms with E-state index in [-0.39, 0.29) is 31.1 Å². The Labute approximate surface area is 185 Å². The molecule has 0 spiro atoms. The van der Waals surface area contributed by atoms with Crippen LogP contribution < -0.4 is 20.4 Å². The summed E-state index contributed by atoms with van der Waals surface area (Å²) in [4.78, 5) is 36.2. The number of ether oxygens (including phenoxy) is 3. The highest BCUT2D eigenvalue weighted by atomic mass is 16.5. The molecule has 0 aliphatic carbocycles. The zero-order valence-electron chi connectivity index (χ0n) is 18.0. The van der Waals surface area contributed by atoms with Crippen molar-refractivity contribution in [2.45, 2.75) is 19.3 Å². The van der Waals surface area contributed by atoms with Gasteiger partial charge in [-0.05, 0) is 42.7 Å². The van der Waals surface area contributed by atoms with E-state index in [4.69, 9.17) is 18.6 Å². The summed E-state index contributed by atoms with van der Waals surface area (Å²) in [6, 6.07) is 14.0. The molecular formula is C24H25NO7. The number of para-hydroxylation sites is 1. The van der Waals surface area contributed by atoms with Gasteiger partial charge in [0.15, 0.2) is 11.5 Å². The van der Waals surface area contributed by atoms with E-state index >= 15 is 0 Å². The van der Waals surface area contributed by atoms with Gasteiger partial charge in [-0.15, -0.1) is 0 Å². The first-order valence-electron chi connectivity index (χ1n) is 10.2. The highest BCUT2D eigenvalue weighted by molar-refractivity contribution is 5.96. The number of aryl methyl sites for hydroxylation is 1. The molecule has 1 aromatic heterocycles. The second-order valence-corrected chi connectivity index (χ2v) is 7.00. The van der Waals surface area contributed by atoms with Gasteiger partial charge in [-0.25, -0.2) is 4.79 Å². The molecule has 0 aliphatic heterocycles. The lowest BCUT2D eigenvalue weighted by molar-refractivity contribution is -0.143. The van der Waals surface area contributed by atoms with Crippen LogP contribution in [-0.4, -0.2) is 39.2 Å². The molecule has 0 atom stereocenters. The van der Waals surface area contributed by atoms with E-state index in [1.165, 1.54) is 6.07 Å². The molecule has 0 saturated heterocycles. The van der Waals surface area contributed by atoms with Gasteiger partial charge >= 0.3 is 11.6 Å². The van der Waals surface area contributed by atoms with Crippen molar-refractivity contribution in [2.24, 2.45) is 0 Å². The first kappa shape index (κ1) is 22.9. The molecule has 0 fully saturated rings.